The number of hydrogen-bond acceptors (Lipinski definition) is 3. The van der Waals surface area contributed by atoms with Crippen molar-refractivity contribution in [1.29, 1.82) is 5.26 Å². The summed E-state index contributed by atoms with van der Waals surface area (Å²) in [5.41, 5.74) is 17.4. The van der Waals surface area contributed by atoms with Gasteiger partial charge in [-0.05, 0) is 90.7 Å². The molecule has 8 aromatic carbocycles. The Labute approximate surface area is 314 Å². The molecule has 3 nitrogen and oxygen atoms in total. The van der Waals surface area contributed by atoms with E-state index in [4.69, 9.17) is 9.97 Å². The lowest BCUT2D eigenvalue weighted by atomic mass is 9.87. The molecule has 0 fully saturated rings. The highest BCUT2D eigenvalue weighted by Crippen LogP contribution is 2.52. The molecule has 1 aliphatic carbocycles. The second-order valence-corrected chi connectivity index (χ2v) is 13.7. The third-order valence-electron chi connectivity index (χ3n) is 10.5. The fraction of sp³-hybridized carbons (Fsp3) is 0. The van der Waals surface area contributed by atoms with Crippen molar-refractivity contribution < 1.29 is 0 Å². The molecular weight excluding hydrogens is 655 g/mol. The zero-order chi connectivity index (χ0) is 36.0. The molecule has 0 bridgehead atoms. The lowest BCUT2D eigenvalue weighted by Crippen LogP contribution is -1.96. The molecule has 0 unspecified atom stereocenters. The van der Waals surface area contributed by atoms with Crippen LogP contribution in [0, 0.1) is 11.3 Å². The minimum absolute atomic E-state index is 0.658. The van der Waals surface area contributed by atoms with E-state index in [0.29, 0.717) is 11.4 Å². The zero-order valence-electron chi connectivity index (χ0n) is 29.2. The van der Waals surface area contributed by atoms with Gasteiger partial charge in [0.1, 0.15) is 0 Å². The predicted molar refractivity (Wildman–Crippen MR) is 221 cm³/mol. The summed E-state index contributed by atoms with van der Waals surface area (Å²) in [6, 6.07) is 68.1. The van der Waals surface area contributed by atoms with Crippen LogP contribution in [0.3, 0.4) is 0 Å². The van der Waals surface area contributed by atoms with E-state index in [0.717, 1.165) is 50.3 Å². The topological polar surface area (TPSA) is 49.6 Å². The quantitative estimate of drug-likeness (QED) is 0.175. The van der Waals surface area contributed by atoms with Gasteiger partial charge in [0.2, 0.25) is 0 Å². The van der Waals surface area contributed by atoms with E-state index in [9.17, 15) is 5.26 Å². The van der Waals surface area contributed by atoms with Crippen molar-refractivity contribution in [2.45, 2.75) is 0 Å². The molecule has 54 heavy (non-hydrogen) atoms. The minimum Gasteiger partial charge on any atom is -0.228 e. The van der Waals surface area contributed by atoms with Crippen LogP contribution in [0.25, 0.3) is 100 Å². The van der Waals surface area contributed by atoms with Crippen molar-refractivity contribution in [3.05, 3.63) is 194 Å². The maximum atomic E-state index is 9.35. The second kappa shape index (κ2) is 13.0. The molecule has 0 saturated heterocycles. The van der Waals surface area contributed by atoms with Gasteiger partial charge in [-0.2, -0.15) is 5.26 Å². The Kier molecular flexibility index (Phi) is 7.53. The van der Waals surface area contributed by atoms with Gasteiger partial charge in [0.15, 0.2) is 5.82 Å². The van der Waals surface area contributed by atoms with Crippen molar-refractivity contribution in [3.8, 4) is 95.6 Å². The molecule has 9 aromatic rings. The highest BCUT2D eigenvalue weighted by atomic mass is 14.9. The van der Waals surface area contributed by atoms with E-state index in [1.54, 1.807) is 0 Å². The smallest absolute Gasteiger partial charge is 0.160 e. The summed E-state index contributed by atoms with van der Waals surface area (Å²) in [5.74, 6) is 0.705. The molecule has 1 aliphatic rings. The molecule has 0 spiro atoms. The molecule has 0 saturated carbocycles. The van der Waals surface area contributed by atoms with Gasteiger partial charge in [0.05, 0.1) is 23.0 Å². The van der Waals surface area contributed by atoms with Gasteiger partial charge in [-0.15, -0.1) is 0 Å². The number of hydrogen-bond donors (Lipinski definition) is 0. The largest absolute Gasteiger partial charge is 0.228 e. The molecule has 1 heterocycles. The van der Waals surface area contributed by atoms with Crippen LogP contribution < -0.4 is 0 Å². The van der Waals surface area contributed by atoms with E-state index in [1.165, 1.54) is 44.2 Å². The molecular formula is C51H31N3. The number of nitriles is 1. The van der Waals surface area contributed by atoms with E-state index in [-0.39, 0.29) is 0 Å². The Balaban J connectivity index is 1.12. The number of nitrogens with zero attached hydrogens (tertiary/aromatic N) is 3. The average molecular weight is 686 g/mol. The number of rotatable bonds is 6. The molecule has 0 amide bonds. The highest BCUT2D eigenvalue weighted by molar-refractivity contribution is 6.22. The van der Waals surface area contributed by atoms with Crippen LogP contribution in [-0.2, 0) is 0 Å². The van der Waals surface area contributed by atoms with E-state index < -0.39 is 0 Å². The Bertz CT molecular complexity index is 2820. The van der Waals surface area contributed by atoms with Crippen LogP contribution in [0.1, 0.15) is 5.56 Å². The molecule has 1 aromatic heterocycles. The molecule has 0 aliphatic heterocycles. The monoisotopic (exact) mass is 685 g/mol. The molecule has 250 valence electrons. The fourth-order valence-corrected chi connectivity index (χ4v) is 7.87. The van der Waals surface area contributed by atoms with Crippen LogP contribution in [0.2, 0.25) is 0 Å². The minimum atomic E-state index is 0.658. The summed E-state index contributed by atoms with van der Waals surface area (Å²) in [7, 11) is 0. The summed E-state index contributed by atoms with van der Waals surface area (Å²) in [6.45, 7) is 0. The van der Waals surface area contributed by atoms with Crippen LogP contribution in [0.15, 0.2) is 188 Å². The third-order valence-corrected chi connectivity index (χ3v) is 10.5. The first kappa shape index (κ1) is 31.3. The highest BCUT2D eigenvalue weighted by Gasteiger charge is 2.25. The first-order valence-corrected chi connectivity index (χ1v) is 18.1. The van der Waals surface area contributed by atoms with Gasteiger partial charge in [-0.1, -0.05) is 164 Å². The molecule has 0 atom stereocenters. The van der Waals surface area contributed by atoms with Gasteiger partial charge in [-0.25, -0.2) is 9.97 Å². The number of benzene rings is 8. The van der Waals surface area contributed by atoms with Gasteiger partial charge < -0.3 is 0 Å². The third kappa shape index (κ3) is 5.37. The number of fused-ring (bicyclic) bond motifs is 3. The van der Waals surface area contributed by atoms with Crippen LogP contribution in [0.5, 0.6) is 0 Å². The van der Waals surface area contributed by atoms with E-state index in [2.05, 4.69) is 133 Å². The second-order valence-electron chi connectivity index (χ2n) is 13.7. The van der Waals surface area contributed by atoms with Crippen molar-refractivity contribution in [2.75, 3.05) is 0 Å². The summed E-state index contributed by atoms with van der Waals surface area (Å²) in [5, 5.41) is 11.9. The van der Waals surface area contributed by atoms with Gasteiger partial charge >= 0.3 is 0 Å². The first-order valence-electron chi connectivity index (χ1n) is 18.1. The van der Waals surface area contributed by atoms with Crippen molar-refractivity contribution in [3.63, 3.8) is 0 Å². The Morgan fingerprint density at radius 3 is 1.41 bits per heavy atom. The predicted octanol–water partition coefficient (Wildman–Crippen LogP) is 13.2. The number of aromatic nitrogens is 2. The van der Waals surface area contributed by atoms with E-state index in [1.807, 2.05) is 60.7 Å². The maximum absolute atomic E-state index is 9.35. The standard InChI is InChI=1S/C51H31N3/c52-32-33-18-20-34(21-19-33)39-14-9-15-40(30-39)42-27-29-46-44-17-8-7-16-43(44)45-28-26-41(49(42)50(45)46)35-22-24-37(25-23-35)48-31-47(36-10-3-1-4-11-36)53-51(54-48)38-12-5-2-6-13-38/h1-31H. The average Bonchev–Trinajstić information content (AvgIpc) is 3.59. The molecule has 3 heteroatoms. The normalized spacial score (nSPS) is 11.3. The Morgan fingerprint density at radius 2 is 0.778 bits per heavy atom. The summed E-state index contributed by atoms with van der Waals surface area (Å²) >= 11 is 0. The molecule has 0 N–H and O–H groups in total. The Morgan fingerprint density at radius 1 is 0.315 bits per heavy atom. The zero-order valence-corrected chi connectivity index (χ0v) is 29.2. The van der Waals surface area contributed by atoms with Crippen LogP contribution in [0.4, 0.5) is 0 Å². The fourth-order valence-electron chi connectivity index (χ4n) is 7.87. The Hall–Kier alpha value is -7.41. The summed E-state index contributed by atoms with van der Waals surface area (Å²) in [4.78, 5) is 10.1. The summed E-state index contributed by atoms with van der Waals surface area (Å²) < 4.78 is 0. The van der Waals surface area contributed by atoms with Crippen molar-refractivity contribution >= 4 is 10.8 Å². The van der Waals surface area contributed by atoms with Gasteiger partial charge in [0, 0.05) is 16.7 Å². The maximum Gasteiger partial charge on any atom is 0.160 e. The lowest BCUT2D eigenvalue weighted by Gasteiger charge is -2.16. The SMILES string of the molecule is N#Cc1ccc(-c2cccc(-c3ccc4c5c(ccc(-c6ccc(-c7cc(-c8ccccc8)nc(-c8ccccc8)n7)cc6)c35)-c3ccccc3-4)c2)cc1. The first-order chi connectivity index (χ1) is 26.7. The van der Waals surface area contributed by atoms with Gasteiger partial charge in [-0.3, -0.25) is 0 Å². The lowest BCUT2D eigenvalue weighted by molar-refractivity contribution is 1.18. The van der Waals surface area contributed by atoms with Gasteiger partial charge in [0.25, 0.3) is 0 Å². The summed E-state index contributed by atoms with van der Waals surface area (Å²) in [6.07, 6.45) is 0. The molecule has 10 rings (SSSR count). The van der Waals surface area contributed by atoms with Crippen molar-refractivity contribution in [2.24, 2.45) is 0 Å². The van der Waals surface area contributed by atoms with E-state index >= 15 is 0 Å². The molecule has 0 radical (unpaired) electrons. The van der Waals surface area contributed by atoms with Crippen molar-refractivity contribution in [1.82, 2.24) is 9.97 Å². The van der Waals surface area contributed by atoms with Crippen LogP contribution in [-0.4, -0.2) is 9.97 Å². The van der Waals surface area contributed by atoms with Crippen LogP contribution >= 0.6 is 0 Å².